The third-order valence-electron chi connectivity index (χ3n) is 5.93. The number of rotatable bonds is 8. The number of nitrogens with two attached hydrogens (primary N) is 1. The fourth-order valence-electron chi connectivity index (χ4n) is 3.98. The topological polar surface area (TPSA) is 124 Å². The Bertz CT molecular complexity index is 1280. The molecule has 0 spiro atoms. The van der Waals surface area contributed by atoms with Crippen LogP contribution in [0.5, 0.6) is 11.6 Å². The molecule has 1 aromatic carbocycles. The van der Waals surface area contributed by atoms with Crippen molar-refractivity contribution in [1.82, 2.24) is 14.6 Å². The number of sulfonamides is 1. The highest BCUT2D eigenvalue weighted by Crippen LogP contribution is 2.37. The number of hydrogen-bond donors (Lipinski definition) is 2. The lowest BCUT2D eigenvalue weighted by Gasteiger charge is -2.30. The van der Waals surface area contributed by atoms with Crippen LogP contribution in [0.1, 0.15) is 44.5 Å². The zero-order chi connectivity index (χ0) is 28.5. The van der Waals surface area contributed by atoms with Gasteiger partial charge in [0.2, 0.25) is 15.9 Å². The monoisotopic (exact) mass is 558 g/mol. The number of ether oxygens (including phenoxy) is 2. The third kappa shape index (κ3) is 6.94. The molecule has 0 saturated carbocycles. The SMILES string of the molecule is CCS(=O)(=O)N[C@@H]1[C@H](Cc2cccc(Oc3nc(CN)ccc3C)c2F)N(C(=O)OC(C)(C)C)CC1(F)F. The summed E-state index contributed by atoms with van der Waals surface area (Å²) in [4.78, 5) is 17.9. The maximum Gasteiger partial charge on any atom is 0.410 e. The van der Waals surface area contributed by atoms with Crippen LogP contribution in [0, 0.1) is 12.7 Å². The molecule has 1 aliphatic rings. The predicted octanol–water partition coefficient (Wildman–Crippen LogP) is 3.89. The maximum atomic E-state index is 15.6. The molecule has 210 valence electrons. The number of carbonyl (C=O) groups excluding carboxylic acids is 1. The first-order valence-electron chi connectivity index (χ1n) is 12.1. The predicted molar refractivity (Wildman–Crippen MR) is 135 cm³/mol. The van der Waals surface area contributed by atoms with Crippen molar-refractivity contribution in [3.8, 4) is 11.6 Å². The standard InChI is InChI=1S/C25H33F3N4O5S/c1-6-38(34,35)31-21-18(32(14-25(21,27)28)23(33)37-24(3,4)5)12-16-8-7-9-19(20(16)26)36-22-15(2)10-11-17(13-29)30-22/h7-11,18,21,31H,6,12-14,29H2,1-5H3/t18-,21+/m0/s1. The summed E-state index contributed by atoms with van der Waals surface area (Å²) in [6, 6.07) is 4.13. The quantitative estimate of drug-likeness (QED) is 0.504. The second kappa shape index (κ2) is 11.1. The lowest BCUT2D eigenvalue weighted by molar-refractivity contribution is -0.0122. The third-order valence-corrected chi connectivity index (χ3v) is 7.31. The van der Waals surface area contributed by atoms with Crippen LogP contribution in [0.25, 0.3) is 0 Å². The van der Waals surface area contributed by atoms with E-state index in [1.165, 1.54) is 25.1 Å². The number of aromatic nitrogens is 1. The highest BCUT2D eigenvalue weighted by atomic mass is 32.2. The van der Waals surface area contributed by atoms with Gasteiger partial charge in [0.05, 0.1) is 24.0 Å². The first kappa shape index (κ1) is 29.7. The molecule has 0 bridgehead atoms. The lowest BCUT2D eigenvalue weighted by atomic mass is 9.98. The first-order chi connectivity index (χ1) is 17.6. The fraction of sp³-hybridized carbons (Fsp3) is 0.520. The molecular weight excluding hydrogens is 525 g/mol. The maximum absolute atomic E-state index is 15.6. The van der Waals surface area contributed by atoms with Crippen molar-refractivity contribution in [2.45, 2.75) is 71.2 Å². The molecule has 2 atom stereocenters. The van der Waals surface area contributed by atoms with E-state index >= 15 is 13.2 Å². The van der Waals surface area contributed by atoms with Crippen LogP contribution in [0.2, 0.25) is 0 Å². The van der Waals surface area contributed by atoms with Gasteiger partial charge in [-0.1, -0.05) is 18.2 Å². The average molecular weight is 559 g/mol. The number of likely N-dealkylation sites (tertiary alicyclic amines) is 1. The number of aryl methyl sites for hydroxylation is 1. The van der Waals surface area contributed by atoms with Gasteiger partial charge in [-0.25, -0.2) is 36.1 Å². The van der Waals surface area contributed by atoms with E-state index in [1.54, 1.807) is 39.8 Å². The van der Waals surface area contributed by atoms with E-state index in [4.69, 9.17) is 15.2 Å². The highest BCUT2D eigenvalue weighted by molar-refractivity contribution is 7.89. The number of nitrogens with zero attached hydrogens (tertiary/aromatic N) is 2. The van der Waals surface area contributed by atoms with Crippen molar-refractivity contribution in [2.75, 3.05) is 12.3 Å². The first-order valence-corrected chi connectivity index (χ1v) is 13.7. The molecule has 0 radical (unpaired) electrons. The fourth-order valence-corrected chi connectivity index (χ4v) is 4.86. The zero-order valence-corrected chi connectivity index (χ0v) is 22.7. The smallest absolute Gasteiger partial charge is 0.410 e. The van der Waals surface area contributed by atoms with Crippen LogP contribution in [-0.2, 0) is 27.7 Å². The molecule has 38 heavy (non-hydrogen) atoms. The Morgan fingerprint density at radius 2 is 1.95 bits per heavy atom. The van der Waals surface area contributed by atoms with Crippen molar-refractivity contribution >= 4 is 16.1 Å². The van der Waals surface area contributed by atoms with E-state index in [1.807, 2.05) is 4.72 Å². The molecule has 1 aliphatic heterocycles. The number of nitrogens with one attached hydrogen (secondary N) is 1. The van der Waals surface area contributed by atoms with Gasteiger partial charge in [-0.15, -0.1) is 0 Å². The van der Waals surface area contributed by atoms with E-state index in [0.717, 1.165) is 4.90 Å². The lowest BCUT2D eigenvalue weighted by Crippen LogP contribution is -2.53. The Hall–Kier alpha value is -2.90. The van der Waals surface area contributed by atoms with Crippen LogP contribution in [0.15, 0.2) is 30.3 Å². The zero-order valence-electron chi connectivity index (χ0n) is 21.9. The minimum absolute atomic E-state index is 0.0629. The Kier molecular flexibility index (Phi) is 8.64. The van der Waals surface area contributed by atoms with Crippen LogP contribution in [-0.4, -0.2) is 60.3 Å². The van der Waals surface area contributed by atoms with Gasteiger partial charge in [-0.05, 0) is 58.7 Å². The van der Waals surface area contributed by atoms with Crippen molar-refractivity contribution < 1.29 is 35.9 Å². The highest BCUT2D eigenvalue weighted by Gasteiger charge is 2.58. The summed E-state index contributed by atoms with van der Waals surface area (Å²) in [5, 5.41) is 0. The Balaban J connectivity index is 2.00. The van der Waals surface area contributed by atoms with Gasteiger partial charge in [-0.3, -0.25) is 4.90 Å². The molecule has 1 aromatic heterocycles. The number of pyridine rings is 1. The summed E-state index contributed by atoms with van der Waals surface area (Å²) >= 11 is 0. The number of amides is 1. The number of hydrogen-bond acceptors (Lipinski definition) is 7. The van der Waals surface area contributed by atoms with Gasteiger partial charge < -0.3 is 15.2 Å². The van der Waals surface area contributed by atoms with Crippen molar-refractivity contribution in [3.63, 3.8) is 0 Å². The minimum Gasteiger partial charge on any atom is -0.444 e. The Morgan fingerprint density at radius 3 is 2.55 bits per heavy atom. The van der Waals surface area contributed by atoms with Gasteiger partial charge in [0.25, 0.3) is 5.92 Å². The van der Waals surface area contributed by atoms with Gasteiger partial charge in [0, 0.05) is 12.1 Å². The average Bonchev–Trinajstić information content (AvgIpc) is 3.06. The second-order valence-electron chi connectivity index (χ2n) is 10.1. The summed E-state index contributed by atoms with van der Waals surface area (Å²) in [7, 11) is -4.10. The summed E-state index contributed by atoms with van der Waals surface area (Å²) in [6.45, 7) is 6.77. The van der Waals surface area contributed by atoms with Gasteiger partial charge in [-0.2, -0.15) is 0 Å². The number of carbonyl (C=O) groups is 1. The van der Waals surface area contributed by atoms with E-state index in [-0.39, 0.29) is 23.7 Å². The molecule has 1 fully saturated rings. The number of halogens is 3. The molecule has 3 N–H and O–H groups in total. The summed E-state index contributed by atoms with van der Waals surface area (Å²) in [5.74, 6) is -5.04. The van der Waals surface area contributed by atoms with Crippen LogP contribution >= 0.6 is 0 Å². The van der Waals surface area contributed by atoms with E-state index in [9.17, 15) is 13.2 Å². The second-order valence-corrected chi connectivity index (χ2v) is 12.1. The van der Waals surface area contributed by atoms with Crippen molar-refractivity contribution in [2.24, 2.45) is 5.73 Å². The molecule has 0 aliphatic carbocycles. The largest absolute Gasteiger partial charge is 0.444 e. The molecule has 2 aromatic rings. The van der Waals surface area contributed by atoms with Crippen LogP contribution < -0.4 is 15.2 Å². The van der Waals surface area contributed by atoms with Crippen LogP contribution in [0.4, 0.5) is 18.0 Å². The summed E-state index contributed by atoms with van der Waals surface area (Å²) < 4.78 is 83.4. The van der Waals surface area contributed by atoms with E-state index in [2.05, 4.69) is 4.98 Å². The van der Waals surface area contributed by atoms with Gasteiger partial charge in [0.1, 0.15) is 11.6 Å². The van der Waals surface area contributed by atoms with E-state index < -0.39 is 64.3 Å². The molecule has 13 heteroatoms. The van der Waals surface area contributed by atoms with E-state index in [0.29, 0.717) is 11.3 Å². The molecule has 1 amide bonds. The Morgan fingerprint density at radius 1 is 1.26 bits per heavy atom. The molecule has 9 nitrogen and oxygen atoms in total. The molecule has 1 saturated heterocycles. The normalized spacial score (nSPS) is 19.4. The van der Waals surface area contributed by atoms with Crippen LogP contribution in [0.3, 0.4) is 0 Å². The van der Waals surface area contributed by atoms with Crippen molar-refractivity contribution in [3.05, 3.63) is 53.0 Å². The summed E-state index contributed by atoms with van der Waals surface area (Å²) in [6.07, 6.45) is -1.50. The minimum atomic E-state index is -4.10. The molecule has 3 rings (SSSR count). The number of benzene rings is 1. The molecule has 0 unspecified atom stereocenters. The van der Waals surface area contributed by atoms with Gasteiger partial charge >= 0.3 is 6.09 Å². The Labute approximate surface area is 220 Å². The number of alkyl halides is 2. The summed E-state index contributed by atoms with van der Waals surface area (Å²) in [5.41, 5.74) is 5.71. The molecular formula is C25H33F3N4O5S. The van der Waals surface area contributed by atoms with Gasteiger partial charge in [0.15, 0.2) is 11.6 Å². The molecule has 2 heterocycles. The van der Waals surface area contributed by atoms with Crippen molar-refractivity contribution in [1.29, 1.82) is 0 Å².